The first-order valence-electron chi connectivity index (χ1n) is 6.52. The highest BCUT2D eigenvalue weighted by molar-refractivity contribution is 7.86. The Hall–Kier alpha value is -2.00. The van der Waals surface area contributed by atoms with E-state index in [0.717, 1.165) is 24.3 Å². The molecule has 0 aliphatic rings. The minimum atomic E-state index is -4.04. The lowest BCUT2D eigenvalue weighted by molar-refractivity contribution is -0.384. The third-order valence-corrected chi connectivity index (χ3v) is 3.82. The van der Waals surface area contributed by atoms with Crippen molar-refractivity contribution in [1.29, 1.82) is 0 Å². The molecule has 0 radical (unpaired) electrons. The van der Waals surface area contributed by atoms with Crippen LogP contribution < -0.4 is 0 Å². The summed E-state index contributed by atoms with van der Waals surface area (Å²) in [5, 5.41) is 10.5. The number of esters is 1. The molecule has 1 rings (SSSR count). The Kier molecular flexibility index (Phi) is 6.44. The summed E-state index contributed by atoms with van der Waals surface area (Å²) in [7, 11) is -4.04. The van der Waals surface area contributed by atoms with Crippen LogP contribution in [-0.4, -0.2) is 32.5 Å². The molecule has 0 spiro atoms. The molecule has 0 N–H and O–H groups in total. The molecular weight excluding hydrogens is 314 g/mol. The monoisotopic (exact) mass is 331 g/mol. The van der Waals surface area contributed by atoms with Gasteiger partial charge in [-0.3, -0.25) is 19.1 Å². The van der Waals surface area contributed by atoms with Gasteiger partial charge in [-0.05, 0) is 18.1 Å². The van der Waals surface area contributed by atoms with Gasteiger partial charge in [0.15, 0.2) is 0 Å². The Balaban J connectivity index is 2.50. The maximum absolute atomic E-state index is 11.8. The highest BCUT2D eigenvalue weighted by Crippen LogP contribution is 2.17. The SMILES string of the molecule is CC(C)CC(=O)OCCOS(=O)(=O)c1ccc([N+](=O)[O-])cc1. The minimum Gasteiger partial charge on any atom is -0.463 e. The van der Waals surface area contributed by atoms with Gasteiger partial charge in [0.1, 0.15) is 13.2 Å². The molecule has 0 atom stereocenters. The van der Waals surface area contributed by atoms with Crippen molar-refractivity contribution in [3.63, 3.8) is 0 Å². The Labute approximate surface area is 128 Å². The number of nitro benzene ring substituents is 1. The van der Waals surface area contributed by atoms with Gasteiger partial charge in [-0.1, -0.05) is 13.8 Å². The average Bonchev–Trinajstić information content (AvgIpc) is 2.43. The fourth-order valence-electron chi connectivity index (χ4n) is 1.49. The van der Waals surface area contributed by atoms with Crippen LogP contribution in [-0.2, 0) is 23.8 Å². The molecule has 0 aliphatic carbocycles. The number of non-ortho nitro benzene ring substituents is 1. The van der Waals surface area contributed by atoms with E-state index < -0.39 is 21.0 Å². The second-order valence-electron chi connectivity index (χ2n) is 4.85. The zero-order valence-electron chi connectivity index (χ0n) is 12.2. The molecule has 0 fully saturated rings. The fraction of sp³-hybridized carbons (Fsp3) is 0.462. The largest absolute Gasteiger partial charge is 0.463 e. The van der Waals surface area contributed by atoms with Gasteiger partial charge >= 0.3 is 5.97 Å². The number of hydrogen-bond donors (Lipinski definition) is 0. The van der Waals surface area contributed by atoms with Crippen molar-refractivity contribution in [2.45, 2.75) is 25.2 Å². The Morgan fingerprint density at radius 3 is 2.32 bits per heavy atom. The third kappa shape index (κ3) is 5.78. The lowest BCUT2D eigenvalue weighted by Crippen LogP contribution is -2.15. The number of carbonyl (C=O) groups excluding carboxylic acids is 1. The van der Waals surface area contributed by atoms with E-state index in [0.29, 0.717) is 0 Å². The molecule has 1 aromatic carbocycles. The van der Waals surface area contributed by atoms with Gasteiger partial charge in [-0.25, -0.2) is 0 Å². The van der Waals surface area contributed by atoms with Gasteiger partial charge < -0.3 is 4.74 Å². The Bertz CT molecular complexity index is 622. The van der Waals surface area contributed by atoms with Crippen molar-refractivity contribution >= 4 is 21.8 Å². The van der Waals surface area contributed by atoms with E-state index in [1.807, 2.05) is 13.8 Å². The maximum atomic E-state index is 11.8. The summed E-state index contributed by atoms with van der Waals surface area (Å²) in [5.41, 5.74) is -0.221. The van der Waals surface area contributed by atoms with Gasteiger partial charge in [-0.2, -0.15) is 8.42 Å². The first kappa shape index (κ1) is 18.1. The van der Waals surface area contributed by atoms with E-state index in [9.17, 15) is 23.3 Å². The Morgan fingerprint density at radius 1 is 1.23 bits per heavy atom. The molecule has 1 aromatic rings. The fourth-order valence-corrected chi connectivity index (χ4v) is 2.39. The van der Waals surface area contributed by atoms with Gasteiger partial charge in [0, 0.05) is 18.6 Å². The molecule has 0 saturated carbocycles. The summed E-state index contributed by atoms with van der Waals surface area (Å²) in [4.78, 5) is 20.9. The molecule has 0 bridgehead atoms. The van der Waals surface area contributed by atoms with Crippen molar-refractivity contribution in [3.8, 4) is 0 Å². The van der Waals surface area contributed by atoms with Gasteiger partial charge in [0.25, 0.3) is 15.8 Å². The maximum Gasteiger partial charge on any atom is 0.306 e. The summed E-state index contributed by atoms with van der Waals surface area (Å²) < 4.78 is 33.1. The van der Waals surface area contributed by atoms with Crippen LogP contribution in [0.1, 0.15) is 20.3 Å². The van der Waals surface area contributed by atoms with Crippen LogP contribution in [0.5, 0.6) is 0 Å². The number of nitro groups is 1. The van der Waals surface area contributed by atoms with E-state index in [4.69, 9.17) is 8.92 Å². The molecule has 0 heterocycles. The molecule has 0 amide bonds. The quantitative estimate of drug-likeness (QED) is 0.235. The summed E-state index contributed by atoms with van der Waals surface area (Å²) in [6.45, 7) is 3.22. The van der Waals surface area contributed by atoms with Crippen molar-refractivity contribution < 1.29 is 27.1 Å². The summed E-state index contributed by atoms with van der Waals surface area (Å²) >= 11 is 0. The van der Waals surface area contributed by atoms with Crippen LogP contribution in [0.4, 0.5) is 5.69 Å². The van der Waals surface area contributed by atoms with Crippen molar-refractivity contribution in [3.05, 3.63) is 34.4 Å². The highest BCUT2D eigenvalue weighted by atomic mass is 32.2. The number of carbonyl (C=O) groups is 1. The standard InChI is InChI=1S/C13H17NO7S/c1-10(2)9-13(15)20-7-8-21-22(18,19)12-5-3-11(4-6-12)14(16)17/h3-6,10H,7-9H2,1-2H3. The summed E-state index contributed by atoms with van der Waals surface area (Å²) in [5.74, 6) is -0.274. The number of ether oxygens (including phenoxy) is 1. The molecule has 0 aliphatic heterocycles. The molecular formula is C13H17NO7S. The third-order valence-electron chi connectivity index (χ3n) is 2.50. The lowest BCUT2D eigenvalue weighted by atomic mass is 10.1. The topological polar surface area (TPSA) is 113 Å². The highest BCUT2D eigenvalue weighted by Gasteiger charge is 2.17. The second kappa shape index (κ2) is 7.85. The van der Waals surface area contributed by atoms with Crippen LogP contribution >= 0.6 is 0 Å². The van der Waals surface area contributed by atoms with E-state index in [1.54, 1.807) is 0 Å². The van der Waals surface area contributed by atoms with E-state index in [-0.39, 0.29) is 36.1 Å². The average molecular weight is 331 g/mol. The van der Waals surface area contributed by atoms with Crippen LogP contribution in [0.2, 0.25) is 0 Å². The number of nitrogens with zero attached hydrogens (tertiary/aromatic N) is 1. The molecule has 0 unspecified atom stereocenters. The smallest absolute Gasteiger partial charge is 0.306 e. The van der Waals surface area contributed by atoms with E-state index in [2.05, 4.69) is 0 Å². The normalized spacial score (nSPS) is 11.4. The number of hydrogen-bond acceptors (Lipinski definition) is 7. The summed E-state index contributed by atoms with van der Waals surface area (Å²) in [6, 6.07) is 4.30. The molecule has 0 aromatic heterocycles. The van der Waals surface area contributed by atoms with Crippen LogP contribution in [0.3, 0.4) is 0 Å². The number of rotatable bonds is 8. The van der Waals surface area contributed by atoms with Crippen LogP contribution in [0.25, 0.3) is 0 Å². The molecule has 22 heavy (non-hydrogen) atoms. The van der Waals surface area contributed by atoms with Crippen LogP contribution in [0, 0.1) is 16.0 Å². The van der Waals surface area contributed by atoms with Crippen LogP contribution in [0.15, 0.2) is 29.2 Å². The molecule has 9 heteroatoms. The molecule has 122 valence electrons. The summed E-state index contributed by atoms with van der Waals surface area (Å²) in [6.07, 6.45) is 0.245. The van der Waals surface area contributed by atoms with Crippen molar-refractivity contribution in [2.24, 2.45) is 5.92 Å². The van der Waals surface area contributed by atoms with Crippen molar-refractivity contribution in [2.75, 3.05) is 13.2 Å². The van der Waals surface area contributed by atoms with Gasteiger partial charge in [-0.15, -0.1) is 0 Å². The van der Waals surface area contributed by atoms with Gasteiger partial charge in [0.05, 0.1) is 9.82 Å². The van der Waals surface area contributed by atoms with E-state index in [1.165, 1.54) is 0 Å². The predicted octanol–water partition coefficient (Wildman–Crippen LogP) is 1.89. The molecule has 8 nitrogen and oxygen atoms in total. The van der Waals surface area contributed by atoms with Crippen molar-refractivity contribution in [1.82, 2.24) is 0 Å². The number of benzene rings is 1. The van der Waals surface area contributed by atoms with E-state index >= 15 is 0 Å². The minimum absolute atomic E-state index is 0.150. The lowest BCUT2D eigenvalue weighted by Gasteiger charge is -2.08. The zero-order valence-corrected chi connectivity index (χ0v) is 13.0. The second-order valence-corrected chi connectivity index (χ2v) is 6.46. The first-order chi connectivity index (χ1) is 10.2. The first-order valence-corrected chi connectivity index (χ1v) is 7.92. The van der Waals surface area contributed by atoms with Gasteiger partial charge in [0.2, 0.25) is 0 Å². The predicted molar refractivity (Wildman–Crippen MR) is 76.6 cm³/mol. The Morgan fingerprint density at radius 2 is 1.82 bits per heavy atom. The molecule has 0 saturated heterocycles. The zero-order chi connectivity index (χ0) is 16.8.